The van der Waals surface area contributed by atoms with Crippen LogP contribution in [0.15, 0.2) is 54.6 Å². The van der Waals surface area contributed by atoms with Crippen molar-refractivity contribution in [3.63, 3.8) is 0 Å². The Bertz CT molecular complexity index is 769. The Morgan fingerprint density at radius 1 is 1.05 bits per heavy atom. The van der Waals surface area contributed by atoms with Crippen molar-refractivity contribution in [1.82, 2.24) is 4.98 Å². The lowest BCUT2D eigenvalue weighted by Gasteiger charge is -2.09. The van der Waals surface area contributed by atoms with Gasteiger partial charge in [0.25, 0.3) is 0 Å². The lowest BCUT2D eigenvalue weighted by atomic mass is 10.1. The minimum Gasteiger partial charge on any atom is -0.489 e. The van der Waals surface area contributed by atoms with Crippen LogP contribution in [0.4, 0.5) is 0 Å². The summed E-state index contributed by atoms with van der Waals surface area (Å²) in [5, 5.41) is 1.10. The van der Waals surface area contributed by atoms with Crippen LogP contribution in [-0.4, -0.2) is 11.5 Å². The summed E-state index contributed by atoms with van der Waals surface area (Å²) in [7, 11) is 0. The molecule has 0 atom stereocenters. The average Bonchev–Trinajstić information content (AvgIpc) is 2.55. The number of nitrogens with zero attached hydrogens (tertiary/aromatic N) is 1. The van der Waals surface area contributed by atoms with Crippen LogP contribution in [0.1, 0.15) is 16.8 Å². The maximum Gasteiger partial charge on any atom is 0.120 e. The van der Waals surface area contributed by atoms with E-state index in [1.165, 1.54) is 5.56 Å². The molecule has 1 heterocycles. The molecule has 0 unspecified atom stereocenters. The second kappa shape index (κ2) is 6.58. The molecule has 0 aliphatic carbocycles. The SMILES string of the molecule is Cc1cc2cc(OCc3ccccc3)ccc2nc1CCN. The van der Waals surface area contributed by atoms with E-state index in [4.69, 9.17) is 10.5 Å². The Balaban J connectivity index is 1.82. The number of rotatable bonds is 5. The van der Waals surface area contributed by atoms with Gasteiger partial charge in [0.1, 0.15) is 12.4 Å². The Labute approximate surface area is 130 Å². The third kappa shape index (κ3) is 3.26. The Kier molecular flexibility index (Phi) is 4.35. The maximum atomic E-state index is 5.87. The van der Waals surface area contributed by atoms with Crippen molar-refractivity contribution in [2.75, 3.05) is 6.54 Å². The van der Waals surface area contributed by atoms with Gasteiger partial charge in [-0.3, -0.25) is 4.98 Å². The van der Waals surface area contributed by atoms with E-state index >= 15 is 0 Å². The molecule has 22 heavy (non-hydrogen) atoms. The molecule has 0 saturated carbocycles. The molecule has 2 aromatic carbocycles. The number of benzene rings is 2. The molecule has 0 aliphatic rings. The van der Waals surface area contributed by atoms with Gasteiger partial charge >= 0.3 is 0 Å². The highest BCUT2D eigenvalue weighted by atomic mass is 16.5. The van der Waals surface area contributed by atoms with Crippen LogP contribution in [0, 0.1) is 6.92 Å². The molecule has 2 N–H and O–H groups in total. The highest BCUT2D eigenvalue weighted by molar-refractivity contribution is 5.81. The number of aryl methyl sites for hydroxylation is 1. The molecule has 3 heteroatoms. The van der Waals surface area contributed by atoms with Gasteiger partial charge in [-0.25, -0.2) is 0 Å². The standard InChI is InChI=1S/C19H20N2O/c1-14-11-16-12-17(22-13-15-5-3-2-4-6-15)7-8-19(16)21-18(14)9-10-20/h2-8,11-12H,9-10,13,20H2,1H3. The van der Waals surface area contributed by atoms with Crippen LogP contribution < -0.4 is 10.5 Å². The van der Waals surface area contributed by atoms with E-state index in [-0.39, 0.29) is 0 Å². The van der Waals surface area contributed by atoms with Crippen LogP contribution in [0.3, 0.4) is 0 Å². The molecule has 0 aliphatic heterocycles. The van der Waals surface area contributed by atoms with Crippen LogP contribution in [-0.2, 0) is 13.0 Å². The van der Waals surface area contributed by atoms with E-state index in [0.29, 0.717) is 13.2 Å². The maximum absolute atomic E-state index is 5.87. The third-order valence-electron chi connectivity index (χ3n) is 3.71. The van der Waals surface area contributed by atoms with E-state index in [1.54, 1.807) is 0 Å². The molecule has 112 valence electrons. The highest BCUT2D eigenvalue weighted by Gasteiger charge is 2.04. The van der Waals surface area contributed by atoms with Crippen molar-refractivity contribution in [1.29, 1.82) is 0 Å². The second-order valence-electron chi connectivity index (χ2n) is 5.42. The Hall–Kier alpha value is -2.39. The van der Waals surface area contributed by atoms with Crippen molar-refractivity contribution < 1.29 is 4.74 Å². The van der Waals surface area contributed by atoms with Crippen LogP contribution in [0.2, 0.25) is 0 Å². The van der Waals surface area contributed by atoms with Crippen molar-refractivity contribution in [3.8, 4) is 5.75 Å². The number of pyridine rings is 1. The smallest absolute Gasteiger partial charge is 0.120 e. The van der Waals surface area contributed by atoms with Gasteiger partial charge in [-0.15, -0.1) is 0 Å². The van der Waals surface area contributed by atoms with Crippen LogP contribution in [0.5, 0.6) is 5.75 Å². The number of hydrogen-bond acceptors (Lipinski definition) is 3. The number of ether oxygens (including phenoxy) is 1. The van der Waals surface area contributed by atoms with Gasteiger partial charge < -0.3 is 10.5 Å². The van der Waals surface area contributed by atoms with Gasteiger partial charge in [0, 0.05) is 17.5 Å². The fraction of sp³-hybridized carbons (Fsp3) is 0.211. The van der Waals surface area contributed by atoms with Gasteiger partial charge in [-0.2, -0.15) is 0 Å². The summed E-state index contributed by atoms with van der Waals surface area (Å²) in [5.74, 6) is 0.865. The fourth-order valence-corrected chi connectivity index (χ4v) is 2.52. The lowest BCUT2D eigenvalue weighted by Crippen LogP contribution is -2.06. The predicted molar refractivity (Wildman–Crippen MR) is 90.0 cm³/mol. The highest BCUT2D eigenvalue weighted by Crippen LogP contribution is 2.23. The number of nitrogens with two attached hydrogens (primary N) is 1. The molecular weight excluding hydrogens is 272 g/mol. The largest absolute Gasteiger partial charge is 0.489 e. The van der Waals surface area contributed by atoms with Crippen LogP contribution in [0.25, 0.3) is 10.9 Å². The normalized spacial score (nSPS) is 10.8. The molecule has 1 aromatic heterocycles. The van der Waals surface area contributed by atoms with E-state index in [0.717, 1.165) is 34.3 Å². The Morgan fingerprint density at radius 3 is 2.64 bits per heavy atom. The van der Waals surface area contributed by atoms with Gasteiger partial charge in [0.2, 0.25) is 0 Å². The number of fused-ring (bicyclic) bond motifs is 1. The monoisotopic (exact) mass is 292 g/mol. The lowest BCUT2D eigenvalue weighted by molar-refractivity contribution is 0.306. The quantitative estimate of drug-likeness (QED) is 0.781. The van der Waals surface area contributed by atoms with Gasteiger partial charge in [-0.1, -0.05) is 30.3 Å². The molecular formula is C19H20N2O. The first-order valence-corrected chi connectivity index (χ1v) is 7.53. The summed E-state index contributed by atoms with van der Waals surface area (Å²) in [4.78, 5) is 4.69. The number of hydrogen-bond donors (Lipinski definition) is 1. The molecule has 0 radical (unpaired) electrons. The summed E-state index contributed by atoms with van der Waals surface area (Å²) in [5.41, 5.74) is 10.0. The molecule has 3 nitrogen and oxygen atoms in total. The zero-order valence-corrected chi connectivity index (χ0v) is 12.8. The predicted octanol–water partition coefficient (Wildman–Crippen LogP) is 3.62. The van der Waals surface area contributed by atoms with Gasteiger partial charge in [0.15, 0.2) is 0 Å². The van der Waals surface area contributed by atoms with E-state index in [2.05, 4.69) is 30.1 Å². The molecule has 0 spiro atoms. The summed E-state index contributed by atoms with van der Waals surface area (Å²) in [6.45, 7) is 3.27. The molecule has 0 saturated heterocycles. The molecule has 3 aromatic rings. The second-order valence-corrected chi connectivity index (χ2v) is 5.42. The zero-order chi connectivity index (χ0) is 15.4. The number of aromatic nitrogens is 1. The first-order valence-electron chi connectivity index (χ1n) is 7.53. The average molecular weight is 292 g/mol. The van der Waals surface area contributed by atoms with Crippen LogP contribution >= 0.6 is 0 Å². The third-order valence-corrected chi connectivity index (χ3v) is 3.71. The summed E-state index contributed by atoms with van der Waals surface area (Å²) in [6.07, 6.45) is 0.814. The van der Waals surface area contributed by atoms with Crippen molar-refractivity contribution >= 4 is 10.9 Å². The van der Waals surface area contributed by atoms with Crippen molar-refractivity contribution in [2.45, 2.75) is 20.0 Å². The van der Waals surface area contributed by atoms with Crippen molar-refractivity contribution in [2.24, 2.45) is 5.73 Å². The summed E-state index contributed by atoms with van der Waals surface area (Å²) >= 11 is 0. The molecule has 0 amide bonds. The Morgan fingerprint density at radius 2 is 1.86 bits per heavy atom. The summed E-state index contributed by atoms with van der Waals surface area (Å²) < 4.78 is 5.87. The fourth-order valence-electron chi connectivity index (χ4n) is 2.52. The molecule has 0 bridgehead atoms. The van der Waals surface area contributed by atoms with Gasteiger partial charge in [-0.05, 0) is 48.9 Å². The van der Waals surface area contributed by atoms with Gasteiger partial charge in [0.05, 0.1) is 5.52 Å². The zero-order valence-electron chi connectivity index (χ0n) is 12.8. The van der Waals surface area contributed by atoms with E-state index < -0.39 is 0 Å². The molecule has 3 rings (SSSR count). The minimum absolute atomic E-state index is 0.573. The van der Waals surface area contributed by atoms with E-state index in [9.17, 15) is 0 Å². The minimum atomic E-state index is 0.573. The molecule has 0 fully saturated rings. The van der Waals surface area contributed by atoms with Crippen molar-refractivity contribution in [3.05, 3.63) is 71.4 Å². The van der Waals surface area contributed by atoms with E-state index in [1.807, 2.05) is 36.4 Å². The topological polar surface area (TPSA) is 48.1 Å². The summed E-state index contributed by atoms with van der Waals surface area (Å²) in [6, 6.07) is 18.4. The first kappa shape index (κ1) is 14.5. The first-order chi connectivity index (χ1) is 10.8.